The monoisotopic (exact) mass is 251 g/mol. The lowest BCUT2D eigenvalue weighted by atomic mass is 10.3. The SMILES string of the molecule is NNc1cc(Oc2ccccc2Cl)nc(N)n1. The minimum atomic E-state index is 0.0579. The number of nitrogens with two attached hydrogens (primary N) is 2. The molecule has 2 aromatic rings. The van der Waals surface area contributed by atoms with E-state index in [2.05, 4.69) is 15.4 Å². The Hall–Kier alpha value is -2.05. The highest BCUT2D eigenvalue weighted by molar-refractivity contribution is 6.32. The van der Waals surface area contributed by atoms with Gasteiger partial charge in [-0.15, -0.1) is 0 Å². The summed E-state index contributed by atoms with van der Waals surface area (Å²) < 4.78 is 5.47. The van der Waals surface area contributed by atoms with E-state index in [1.54, 1.807) is 24.3 Å². The summed E-state index contributed by atoms with van der Waals surface area (Å²) in [4.78, 5) is 7.74. The van der Waals surface area contributed by atoms with Gasteiger partial charge in [0.15, 0.2) is 0 Å². The Bertz CT molecular complexity index is 534. The van der Waals surface area contributed by atoms with E-state index < -0.39 is 0 Å². The second-order valence-corrected chi connectivity index (χ2v) is 3.53. The van der Waals surface area contributed by atoms with Crippen LogP contribution in [-0.4, -0.2) is 9.97 Å². The number of para-hydroxylation sites is 1. The van der Waals surface area contributed by atoms with Crippen molar-refractivity contribution in [2.24, 2.45) is 5.84 Å². The minimum absolute atomic E-state index is 0.0579. The number of rotatable bonds is 3. The van der Waals surface area contributed by atoms with Gasteiger partial charge in [0.25, 0.3) is 0 Å². The summed E-state index contributed by atoms with van der Waals surface area (Å²) in [5, 5.41) is 0.479. The zero-order chi connectivity index (χ0) is 12.3. The molecule has 6 nitrogen and oxygen atoms in total. The van der Waals surface area contributed by atoms with Gasteiger partial charge in [-0.3, -0.25) is 0 Å². The van der Waals surface area contributed by atoms with Crippen molar-refractivity contribution >= 4 is 23.4 Å². The van der Waals surface area contributed by atoms with E-state index in [4.69, 9.17) is 27.9 Å². The van der Waals surface area contributed by atoms with Crippen LogP contribution in [0.2, 0.25) is 5.02 Å². The maximum atomic E-state index is 5.95. The summed E-state index contributed by atoms with van der Waals surface area (Å²) >= 11 is 5.95. The Labute approximate surface area is 103 Å². The first kappa shape index (κ1) is 11.4. The Morgan fingerprint density at radius 2 is 2.00 bits per heavy atom. The van der Waals surface area contributed by atoms with E-state index >= 15 is 0 Å². The van der Waals surface area contributed by atoms with Crippen molar-refractivity contribution in [3.63, 3.8) is 0 Å². The van der Waals surface area contributed by atoms with Crippen molar-refractivity contribution in [2.45, 2.75) is 0 Å². The van der Waals surface area contributed by atoms with Crippen LogP contribution in [0.5, 0.6) is 11.6 Å². The summed E-state index contributed by atoms with van der Waals surface area (Å²) in [5.41, 5.74) is 7.86. The Balaban J connectivity index is 2.30. The van der Waals surface area contributed by atoms with Gasteiger partial charge in [-0.25, -0.2) is 5.84 Å². The number of ether oxygens (including phenoxy) is 1. The standard InChI is InChI=1S/C10H10ClN5O/c11-6-3-1-2-4-7(6)17-9-5-8(16-13)14-10(12)15-9/h1-5H,13H2,(H3,12,14,15,16). The van der Waals surface area contributed by atoms with Gasteiger partial charge in [-0.1, -0.05) is 23.7 Å². The van der Waals surface area contributed by atoms with Crippen LogP contribution >= 0.6 is 11.6 Å². The predicted molar refractivity (Wildman–Crippen MR) is 65.8 cm³/mol. The molecule has 0 aliphatic rings. The second kappa shape index (κ2) is 4.86. The van der Waals surface area contributed by atoms with Crippen LogP contribution in [-0.2, 0) is 0 Å². The normalized spacial score (nSPS) is 10.0. The van der Waals surface area contributed by atoms with Gasteiger partial charge in [0.1, 0.15) is 11.6 Å². The van der Waals surface area contributed by atoms with Gasteiger partial charge in [0.05, 0.1) is 5.02 Å². The number of hydrogen-bond acceptors (Lipinski definition) is 6. The van der Waals surface area contributed by atoms with E-state index in [1.807, 2.05) is 0 Å². The van der Waals surface area contributed by atoms with Crippen molar-refractivity contribution in [2.75, 3.05) is 11.2 Å². The number of benzene rings is 1. The van der Waals surface area contributed by atoms with Crippen molar-refractivity contribution in [3.8, 4) is 11.6 Å². The highest BCUT2D eigenvalue weighted by Gasteiger charge is 2.06. The molecule has 0 fully saturated rings. The molecule has 0 spiro atoms. The van der Waals surface area contributed by atoms with Gasteiger partial charge in [0, 0.05) is 6.07 Å². The average molecular weight is 252 g/mol. The molecular weight excluding hydrogens is 242 g/mol. The third-order valence-electron chi connectivity index (χ3n) is 1.92. The molecule has 0 amide bonds. The number of anilines is 2. The summed E-state index contributed by atoms with van der Waals surface area (Å²) in [6.07, 6.45) is 0. The second-order valence-electron chi connectivity index (χ2n) is 3.13. The number of nitrogens with zero attached hydrogens (tertiary/aromatic N) is 2. The van der Waals surface area contributed by atoms with Crippen LogP contribution in [0.4, 0.5) is 11.8 Å². The molecule has 2 rings (SSSR count). The third-order valence-corrected chi connectivity index (χ3v) is 2.23. The molecule has 1 aromatic carbocycles. The Morgan fingerprint density at radius 1 is 1.24 bits per heavy atom. The quantitative estimate of drug-likeness (QED) is 0.568. The first-order chi connectivity index (χ1) is 8.19. The highest BCUT2D eigenvalue weighted by Crippen LogP contribution is 2.28. The Morgan fingerprint density at radius 3 is 2.71 bits per heavy atom. The third kappa shape index (κ3) is 2.74. The van der Waals surface area contributed by atoms with Gasteiger partial charge in [0.2, 0.25) is 11.8 Å². The molecule has 0 saturated carbocycles. The summed E-state index contributed by atoms with van der Waals surface area (Å²) in [7, 11) is 0. The molecule has 0 atom stereocenters. The number of hydrogen-bond donors (Lipinski definition) is 3. The Kier molecular flexibility index (Phi) is 3.27. The first-order valence-corrected chi connectivity index (χ1v) is 5.10. The van der Waals surface area contributed by atoms with Crippen molar-refractivity contribution in [1.82, 2.24) is 9.97 Å². The van der Waals surface area contributed by atoms with Crippen LogP contribution in [0.3, 0.4) is 0 Å². The summed E-state index contributed by atoms with van der Waals surface area (Å²) in [5.74, 6) is 6.40. The molecule has 0 saturated heterocycles. The molecule has 88 valence electrons. The van der Waals surface area contributed by atoms with Gasteiger partial charge < -0.3 is 15.9 Å². The minimum Gasteiger partial charge on any atom is -0.437 e. The zero-order valence-corrected chi connectivity index (χ0v) is 9.48. The molecule has 1 aromatic heterocycles. The molecule has 1 heterocycles. The van der Waals surface area contributed by atoms with E-state index in [1.165, 1.54) is 6.07 Å². The summed E-state index contributed by atoms with van der Waals surface area (Å²) in [6.45, 7) is 0. The molecule has 7 heteroatoms. The van der Waals surface area contributed by atoms with Crippen LogP contribution in [0, 0.1) is 0 Å². The van der Waals surface area contributed by atoms with E-state index in [0.717, 1.165) is 0 Å². The molecule has 0 aliphatic carbocycles. The van der Waals surface area contributed by atoms with Gasteiger partial charge in [-0.2, -0.15) is 9.97 Å². The maximum Gasteiger partial charge on any atom is 0.226 e. The molecule has 5 N–H and O–H groups in total. The largest absolute Gasteiger partial charge is 0.437 e. The number of aromatic nitrogens is 2. The molecule has 17 heavy (non-hydrogen) atoms. The molecule has 0 bridgehead atoms. The summed E-state index contributed by atoms with van der Waals surface area (Å²) in [6, 6.07) is 8.55. The van der Waals surface area contributed by atoms with E-state index in [-0.39, 0.29) is 11.8 Å². The number of halogens is 1. The highest BCUT2D eigenvalue weighted by atomic mass is 35.5. The van der Waals surface area contributed by atoms with E-state index in [0.29, 0.717) is 16.6 Å². The van der Waals surface area contributed by atoms with Crippen LogP contribution in [0.1, 0.15) is 0 Å². The van der Waals surface area contributed by atoms with Crippen molar-refractivity contribution < 1.29 is 4.74 Å². The lowest BCUT2D eigenvalue weighted by molar-refractivity contribution is 0.463. The topological polar surface area (TPSA) is 99.1 Å². The number of hydrazine groups is 1. The smallest absolute Gasteiger partial charge is 0.226 e. The number of nitrogens with one attached hydrogen (secondary N) is 1. The number of nitrogen functional groups attached to an aromatic ring is 2. The fourth-order valence-corrected chi connectivity index (χ4v) is 1.38. The lowest BCUT2D eigenvalue weighted by Gasteiger charge is -2.08. The molecule has 0 radical (unpaired) electrons. The first-order valence-electron chi connectivity index (χ1n) is 4.72. The molecule has 0 aliphatic heterocycles. The molecule has 0 unspecified atom stereocenters. The predicted octanol–water partition coefficient (Wildman–Crippen LogP) is 1.79. The van der Waals surface area contributed by atoms with E-state index in [9.17, 15) is 0 Å². The van der Waals surface area contributed by atoms with Crippen LogP contribution < -0.4 is 21.7 Å². The van der Waals surface area contributed by atoms with Crippen LogP contribution in [0.25, 0.3) is 0 Å². The lowest BCUT2D eigenvalue weighted by Crippen LogP contribution is -2.10. The van der Waals surface area contributed by atoms with Crippen LogP contribution in [0.15, 0.2) is 30.3 Å². The fraction of sp³-hybridized carbons (Fsp3) is 0. The van der Waals surface area contributed by atoms with Gasteiger partial charge >= 0.3 is 0 Å². The average Bonchev–Trinajstić information content (AvgIpc) is 2.31. The van der Waals surface area contributed by atoms with Gasteiger partial charge in [-0.05, 0) is 12.1 Å². The molecular formula is C10H10ClN5O. The fourth-order valence-electron chi connectivity index (χ4n) is 1.21. The van der Waals surface area contributed by atoms with Crippen molar-refractivity contribution in [1.29, 1.82) is 0 Å². The maximum absolute atomic E-state index is 5.95. The zero-order valence-electron chi connectivity index (χ0n) is 8.72. The van der Waals surface area contributed by atoms with Crippen molar-refractivity contribution in [3.05, 3.63) is 35.4 Å².